The summed E-state index contributed by atoms with van der Waals surface area (Å²) in [4.78, 5) is 43.4. The summed E-state index contributed by atoms with van der Waals surface area (Å²) in [6.07, 6.45) is 12.3. The standard InChI is InChI=1S/C28H36N8O2/c1-34(2)27(38)23-14-19-16-31-28(33-25(19)36(23)20-7-5-3-4-6-8-20)32-24-10-9-21(17-30-24)35-12-11-18-13-22(26(35)37)29-15-18/h9-10,14,16-18,20,22,29H,3-8,11-13,15H2,1-2H3,(H,30,31,32,33). The predicted molar refractivity (Wildman–Crippen MR) is 147 cm³/mol. The van der Waals surface area contributed by atoms with E-state index in [1.165, 1.54) is 12.8 Å². The highest BCUT2D eigenvalue weighted by molar-refractivity contribution is 5.98. The van der Waals surface area contributed by atoms with Gasteiger partial charge in [0.15, 0.2) is 0 Å². The Morgan fingerprint density at radius 1 is 1.08 bits per heavy atom. The van der Waals surface area contributed by atoms with Crippen LogP contribution in [0.1, 0.15) is 67.9 Å². The van der Waals surface area contributed by atoms with E-state index in [9.17, 15) is 9.59 Å². The number of aromatic nitrogens is 4. The first-order chi connectivity index (χ1) is 18.5. The van der Waals surface area contributed by atoms with E-state index in [0.29, 0.717) is 23.4 Å². The van der Waals surface area contributed by atoms with Gasteiger partial charge in [0, 0.05) is 38.3 Å². The van der Waals surface area contributed by atoms with Crippen molar-refractivity contribution in [2.24, 2.45) is 5.92 Å². The molecule has 5 heterocycles. The van der Waals surface area contributed by atoms with Gasteiger partial charge >= 0.3 is 0 Å². The van der Waals surface area contributed by atoms with Crippen molar-refractivity contribution in [3.8, 4) is 0 Å². The van der Waals surface area contributed by atoms with Crippen LogP contribution < -0.4 is 15.5 Å². The molecule has 38 heavy (non-hydrogen) atoms. The molecule has 3 aromatic heterocycles. The van der Waals surface area contributed by atoms with Gasteiger partial charge in [-0.1, -0.05) is 25.7 Å². The maximum atomic E-state index is 13.1. The van der Waals surface area contributed by atoms with Gasteiger partial charge in [-0.05, 0) is 56.3 Å². The van der Waals surface area contributed by atoms with Crippen LogP contribution >= 0.6 is 0 Å². The van der Waals surface area contributed by atoms with Crippen LogP contribution in [0.15, 0.2) is 30.6 Å². The normalized spacial score (nSPS) is 22.4. The molecule has 10 heteroatoms. The van der Waals surface area contributed by atoms with Crippen molar-refractivity contribution in [3.05, 3.63) is 36.3 Å². The average molecular weight is 517 g/mol. The van der Waals surface area contributed by atoms with Crippen molar-refractivity contribution in [3.63, 3.8) is 0 Å². The Hall–Kier alpha value is -3.53. The third kappa shape index (κ3) is 4.73. The molecule has 6 rings (SSSR count). The number of hydrogen-bond acceptors (Lipinski definition) is 7. The fourth-order valence-electron chi connectivity index (χ4n) is 6.17. The first-order valence-electron chi connectivity index (χ1n) is 13.9. The van der Waals surface area contributed by atoms with Crippen molar-refractivity contribution < 1.29 is 9.59 Å². The molecular formula is C28H36N8O2. The van der Waals surface area contributed by atoms with Crippen LogP contribution in [0.5, 0.6) is 0 Å². The van der Waals surface area contributed by atoms with E-state index in [1.54, 1.807) is 31.4 Å². The first kappa shape index (κ1) is 24.8. The van der Waals surface area contributed by atoms with Crippen molar-refractivity contribution in [1.82, 2.24) is 29.7 Å². The summed E-state index contributed by atoms with van der Waals surface area (Å²) >= 11 is 0. The van der Waals surface area contributed by atoms with Gasteiger partial charge in [-0.2, -0.15) is 4.98 Å². The second-order valence-electron chi connectivity index (χ2n) is 11.1. The lowest BCUT2D eigenvalue weighted by Crippen LogP contribution is -2.44. The van der Waals surface area contributed by atoms with Crippen molar-refractivity contribution in [1.29, 1.82) is 0 Å². The Kier molecular flexibility index (Phi) is 6.73. The van der Waals surface area contributed by atoms with E-state index in [1.807, 2.05) is 23.1 Å². The molecule has 2 unspecified atom stereocenters. The Balaban J connectivity index is 1.27. The molecule has 200 valence electrons. The van der Waals surface area contributed by atoms with Gasteiger partial charge in [0.05, 0.1) is 17.9 Å². The Labute approximate surface area is 222 Å². The zero-order valence-corrected chi connectivity index (χ0v) is 22.2. The Morgan fingerprint density at radius 2 is 1.89 bits per heavy atom. The van der Waals surface area contributed by atoms with Crippen LogP contribution in [0.25, 0.3) is 11.0 Å². The van der Waals surface area contributed by atoms with E-state index in [-0.39, 0.29) is 23.9 Å². The number of rotatable bonds is 5. The molecule has 3 aromatic rings. The van der Waals surface area contributed by atoms with E-state index in [4.69, 9.17) is 4.98 Å². The molecule has 0 radical (unpaired) electrons. The van der Waals surface area contributed by atoms with Crippen LogP contribution in [0.3, 0.4) is 0 Å². The molecule has 3 fully saturated rings. The molecule has 1 aliphatic carbocycles. The Morgan fingerprint density at radius 3 is 2.63 bits per heavy atom. The minimum atomic E-state index is -0.0885. The molecule has 2 amide bonds. The number of carbonyl (C=O) groups is 2. The van der Waals surface area contributed by atoms with Crippen LogP contribution in [0.4, 0.5) is 17.5 Å². The van der Waals surface area contributed by atoms with Crippen LogP contribution in [0.2, 0.25) is 0 Å². The molecule has 2 bridgehead atoms. The zero-order chi connectivity index (χ0) is 26.2. The van der Waals surface area contributed by atoms with Crippen molar-refractivity contribution >= 4 is 40.3 Å². The number of nitrogens with zero attached hydrogens (tertiary/aromatic N) is 6. The molecule has 10 nitrogen and oxygen atoms in total. The topological polar surface area (TPSA) is 108 Å². The summed E-state index contributed by atoms with van der Waals surface area (Å²) < 4.78 is 2.14. The quantitative estimate of drug-likeness (QED) is 0.496. The van der Waals surface area contributed by atoms with E-state index >= 15 is 0 Å². The minimum Gasteiger partial charge on any atom is -0.343 e. The van der Waals surface area contributed by atoms with Gasteiger partial charge in [-0.15, -0.1) is 0 Å². The molecule has 2 aliphatic heterocycles. The predicted octanol–water partition coefficient (Wildman–Crippen LogP) is 3.88. The third-order valence-electron chi connectivity index (χ3n) is 8.24. The minimum absolute atomic E-state index is 0.0227. The zero-order valence-electron chi connectivity index (χ0n) is 22.2. The molecule has 2 saturated heterocycles. The van der Waals surface area contributed by atoms with Gasteiger partial charge in [0.2, 0.25) is 11.9 Å². The monoisotopic (exact) mass is 516 g/mol. The Bertz CT molecular complexity index is 1330. The molecule has 2 N–H and O–H groups in total. The summed E-state index contributed by atoms with van der Waals surface area (Å²) in [5.41, 5.74) is 2.24. The lowest BCUT2D eigenvalue weighted by molar-refractivity contribution is -0.120. The highest BCUT2D eigenvalue weighted by Crippen LogP contribution is 2.33. The fraction of sp³-hybridized carbons (Fsp3) is 0.536. The summed E-state index contributed by atoms with van der Waals surface area (Å²) in [6, 6.07) is 5.85. The van der Waals surface area contributed by atoms with Crippen molar-refractivity contribution in [2.75, 3.05) is 37.4 Å². The number of anilines is 3. The average Bonchev–Trinajstić information content (AvgIpc) is 3.39. The highest BCUT2D eigenvalue weighted by atomic mass is 16.2. The second-order valence-corrected chi connectivity index (χ2v) is 11.1. The number of fused-ring (bicyclic) bond motifs is 3. The molecule has 3 aliphatic rings. The summed E-state index contributed by atoms with van der Waals surface area (Å²) in [5.74, 6) is 1.71. The first-order valence-corrected chi connectivity index (χ1v) is 13.9. The van der Waals surface area contributed by atoms with E-state index in [2.05, 4.69) is 25.2 Å². The number of pyridine rings is 1. The molecule has 1 saturated carbocycles. The molecule has 0 aromatic carbocycles. The fourth-order valence-corrected chi connectivity index (χ4v) is 6.17. The largest absolute Gasteiger partial charge is 0.343 e. The molecule has 2 atom stereocenters. The summed E-state index contributed by atoms with van der Waals surface area (Å²) in [5, 5.41) is 7.43. The second kappa shape index (κ2) is 10.3. The van der Waals surface area contributed by atoms with Crippen molar-refractivity contribution in [2.45, 2.75) is 63.5 Å². The molecule has 0 spiro atoms. The number of carbonyl (C=O) groups excluding carboxylic acids is 2. The van der Waals surface area contributed by atoms with Gasteiger partial charge in [0.1, 0.15) is 17.2 Å². The number of amides is 2. The maximum absolute atomic E-state index is 13.1. The van der Waals surface area contributed by atoms with E-state index in [0.717, 1.165) is 68.3 Å². The number of nitrogens with one attached hydrogen (secondary N) is 2. The van der Waals surface area contributed by atoms with Crippen LogP contribution in [-0.4, -0.2) is 69.5 Å². The number of hydrogen-bond donors (Lipinski definition) is 2. The molecular weight excluding hydrogens is 480 g/mol. The van der Waals surface area contributed by atoms with Gasteiger partial charge in [-0.25, -0.2) is 9.97 Å². The lowest BCUT2D eigenvalue weighted by atomic mass is 10.0. The van der Waals surface area contributed by atoms with Crippen LogP contribution in [-0.2, 0) is 4.79 Å². The third-order valence-corrected chi connectivity index (χ3v) is 8.24. The van der Waals surface area contributed by atoms with Gasteiger partial charge in [0.25, 0.3) is 5.91 Å². The van der Waals surface area contributed by atoms with Gasteiger partial charge in [-0.3, -0.25) is 9.59 Å². The lowest BCUT2D eigenvalue weighted by Gasteiger charge is -2.25. The summed E-state index contributed by atoms with van der Waals surface area (Å²) in [7, 11) is 3.57. The maximum Gasteiger partial charge on any atom is 0.270 e. The van der Waals surface area contributed by atoms with Gasteiger partial charge < -0.3 is 25.0 Å². The highest BCUT2D eigenvalue weighted by Gasteiger charge is 2.36. The smallest absolute Gasteiger partial charge is 0.270 e. The van der Waals surface area contributed by atoms with Crippen LogP contribution in [0, 0.1) is 5.92 Å². The van der Waals surface area contributed by atoms with E-state index < -0.39 is 0 Å². The SMILES string of the molecule is CN(C)C(=O)c1cc2cnc(Nc3ccc(N4CCC5CNC(C5)C4=O)cn3)nc2n1C1CCCCCC1. The summed E-state index contributed by atoms with van der Waals surface area (Å²) in [6.45, 7) is 1.66.